The summed E-state index contributed by atoms with van der Waals surface area (Å²) in [5.74, 6) is -0.310. The van der Waals surface area contributed by atoms with Gasteiger partial charge in [0.15, 0.2) is 0 Å². The Morgan fingerprint density at radius 3 is 2.43 bits per heavy atom. The van der Waals surface area contributed by atoms with E-state index in [1.807, 2.05) is 0 Å². The van der Waals surface area contributed by atoms with Crippen molar-refractivity contribution in [2.45, 2.75) is 31.9 Å². The van der Waals surface area contributed by atoms with Crippen LogP contribution in [0.3, 0.4) is 0 Å². The van der Waals surface area contributed by atoms with Crippen molar-refractivity contribution >= 4 is 21.8 Å². The van der Waals surface area contributed by atoms with Gasteiger partial charge in [-0.3, -0.25) is 4.79 Å². The molecule has 0 unspecified atom stereocenters. The van der Waals surface area contributed by atoms with Gasteiger partial charge in [-0.2, -0.15) is 13.2 Å². The molecule has 0 aromatic rings. The fourth-order valence-corrected chi connectivity index (χ4v) is 1.21. The van der Waals surface area contributed by atoms with Crippen molar-refractivity contribution in [2.24, 2.45) is 0 Å². The van der Waals surface area contributed by atoms with Crippen molar-refractivity contribution in [1.82, 2.24) is 5.32 Å². The number of carbonyl (C=O) groups excluding carboxylic acids is 1. The summed E-state index contributed by atoms with van der Waals surface area (Å²) in [5.41, 5.74) is 0. The van der Waals surface area contributed by atoms with E-state index in [1.54, 1.807) is 0 Å². The van der Waals surface area contributed by atoms with E-state index < -0.39 is 12.6 Å². The van der Waals surface area contributed by atoms with E-state index in [0.717, 1.165) is 11.8 Å². The molecule has 1 amide bonds. The molecular formula is C8H13BrF3NO. The van der Waals surface area contributed by atoms with Gasteiger partial charge in [-0.15, -0.1) is 0 Å². The second kappa shape index (κ2) is 7.09. The van der Waals surface area contributed by atoms with E-state index in [1.165, 1.54) is 0 Å². The number of alkyl halides is 4. The molecule has 0 aliphatic rings. The highest BCUT2D eigenvalue weighted by atomic mass is 79.9. The summed E-state index contributed by atoms with van der Waals surface area (Å²) < 4.78 is 35.0. The third kappa shape index (κ3) is 9.83. The van der Waals surface area contributed by atoms with Gasteiger partial charge < -0.3 is 5.32 Å². The van der Waals surface area contributed by atoms with Crippen LogP contribution in [0.25, 0.3) is 0 Å². The SMILES string of the molecule is O=C(CCCCBr)NCCC(F)(F)F. The number of hydrogen-bond acceptors (Lipinski definition) is 1. The number of carbonyl (C=O) groups is 1. The molecule has 0 rings (SSSR count). The van der Waals surface area contributed by atoms with E-state index in [-0.39, 0.29) is 12.5 Å². The summed E-state index contributed by atoms with van der Waals surface area (Å²) in [6.07, 6.45) is -3.31. The van der Waals surface area contributed by atoms with Crippen LogP contribution in [0.2, 0.25) is 0 Å². The Kier molecular flexibility index (Phi) is 6.96. The fraction of sp³-hybridized carbons (Fsp3) is 0.875. The molecule has 0 atom stereocenters. The maximum absolute atomic E-state index is 11.7. The van der Waals surface area contributed by atoms with E-state index in [2.05, 4.69) is 21.2 Å². The average Bonchev–Trinajstić information content (AvgIpc) is 2.02. The lowest BCUT2D eigenvalue weighted by atomic mass is 10.2. The standard InChI is InChI=1S/C8H13BrF3NO/c9-5-2-1-3-7(14)13-6-4-8(10,11)12/h1-6H2,(H,13,14). The fourth-order valence-electron chi connectivity index (χ4n) is 0.812. The van der Waals surface area contributed by atoms with Crippen LogP contribution in [0.1, 0.15) is 25.7 Å². The van der Waals surface area contributed by atoms with Crippen molar-refractivity contribution < 1.29 is 18.0 Å². The summed E-state index contributed by atoms with van der Waals surface area (Å²) in [7, 11) is 0. The minimum atomic E-state index is -4.19. The molecule has 6 heteroatoms. The lowest BCUT2D eigenvalue weighted by molar-refractivity contribution is -0.135. The normalized spacial score (nSPS) is 11.4. The molecule has 2 nitrogen and oxygen atoms in total. The second-order valence-electron chi connectivity index (χ2n) is 2.86. The molecule has 0 radical (unpaired) electrons. The zero-order valence-corrected chi connectivity index (χ0v) is 9.25. The van der Waals surface area contributed by atoms with Gasteiger partial charge >= 0.3 is 6.18 Å². The van der Waals surface area contributed by atoms with E-state index in [0.29, 0.717) is 12.8 Å². The summed E-state index contributed by atoms with van der Waals surface area (Å²) in [6, 6.07) is 0. The van der Waals surface area contributed by atoms with Crippen LogP contribution < -0.4 is 5.32 Å². The highest BCUT2D eigenvalue weighted by Gasteiger charge is 2.26. The largest absolute Gasteiger partial charge is 0.390 e. The smallest absolute Gasteiger partial charge is 0.356 e. The van der Waals surface area contributed by atoms with Crippen LogP contribution in [-0.4, -0.2) is 24.0 Å². The van der Waals surface area contributed by atoms with Crippen LogP contribution >= 0.6 is 15.9 Å². The molecule has 0 saturated carbocycles. The molecule has 0 bridgehead atoms. The first kappa shape index (κ1) is 13.7. The van der Waals surface area contributed by atoms with Crippen molar-refractivity contribution in [1.29, 1.82) is 0 Å². The molecule has 0 aromatic carbocycles. The Balaban J connectivity index is 3.36. The predicted molar refractivity (Wildman–Crippen MR) is 51.3 cm³/mol. The second-order valence-corrected chi connectivity index (χ2v) is 3.65. The maximum atomic E-state index is 11.7. The van der Waals surface area contributed by atoms with Gasteiger partial charge in [-0.25, -0.2) is 0 Å². The quantitative estimate of drug-likeness (QED) is 0.586. The maximum Gasteiger partial charge on any atom is 0.390 e. The van der Waals surface area contributed by atoms with Crippen molar-refractivity contribution in [3.05, 3.63) is 0 Å². The molecule has 0 heterocycles. The molecule has 1 N–H and O–H groups in total. The lowest BCUT2D eigenvalue weighted by Gasteiger charge is -2.07. The highest BCUT2D eigenvalue weighted by Crippen LogP contribution is 2.18. The molecule has 0 saturated heterocycles. The predicted octanol–water partition coefficient (Wildman–Crippen LogP) is 2.62. The van der Waals surface area contributed by atoms with Gasteiger partial charge in [0, 0.05) is 18.3 Å². The zero-order chi connectivity index (χ0) is 11.0. The van der Waals surface area contributed by atoms with Gasteiger partial charge in [-0.05, 0) is 12.8 Å². The summed E-state index contributed by atoms with van der Waals surface area (Å²) in [6.45, 7) is -0.323. The number of hydrogen-bond donors (Lipinski definition) is 1. The van der Waals surface area contributed by atoms with Crippen LogP contribution in [-0.2, 0) is 4.79 Å². The number of rotatable bonds is 6. The van der Waals surface area contributed by atoms with Crippen LogP contribution in [0.15, 0.2) is 0 Å². The summed E-state index contributed by atoms with van der Waals surface area (Å²) in [5, 5.41) is 3.03. The molecule has 0 aliphatic carbocycles. The first-order valence-corrected chi connectivity index (χ1v) is 5.47. The minimum Gasteiger partial charge on any atom is -0.356 e. The molecule has 0 aliphatic heterocycles. The number of halogens is 4. The van der Waals surface area contributed by atoms with Crippen LogP contribution in [0, 0.1) is 0 Å². The van der Waals surface area contributed by atoms with Crippen molar-refractivity contribution in [3.63, 3.8) is 0 Å². The van der Waals surface area contributed by atoms with Crippen molar-refractivity contribution in [3.8, 4) is 0 Å². The number of unbranched alkanes of at least 4 members (excludes halogenated alkanes) is 1. The van der Waals surface area contributed by atoms with E-state index in [9.17, 15) is 18.0 Å². The Hall–Kier alpha value is -0.260. The lowest BCUT2D eigenvalue weighted by Crippen LogP contribution is -2.27. The summed E-state index contributed by atoms with van der Waals surface area (Å²) in [4.78, 5) is 10.9. The minimum absolute atomic E-state index is 0.295. The molecule has 0 spiro atoms. The third-order valence-electron chi connectivity index (χ3n) is 1.52. The Morgan fingerprint density at radius 2 is 1.93 bits per heavy atom. The Labute approximate surface area is 89.4 Å². The Morgan fingerprint density at radius 1 is 1.29 bits per heavy atom. The van der Waals surface area contributed by atoms with Gasteiger partial charge in [0.05, 0.1) is 6.42 Å². The monoisotopic (exact) mass is 275 g/mol. The number of amides is 1. The summed E-state index contributed by atoms with van der Waals surface area (Å²) >= 11 is 3.20. The van der Waals surface area contributed by atoms with Gasteiger partial charge in [0.25, 0.3) is 0 Å². The van der Waals surface area contributed by atoms with E-state index in [4.69, 9.17) is 0 Å². The van der Waals surface area contributed by atoms with E-state index >= 15 is 0 Å². The van der Waals surface area contributed by atoms with Gasteiger partial charge in [-0.1, -0.05) is 15.9 Å². The Bertz CT molecular complexity index is 172. The molecule has 14 heavy (non-hydrogen) atoms. The van der Waals surface area contributed by atoms with Gasteiger partial charge in [0.1, 0.15) is 0 Å². The van der Waals surface area contributed by atoms with Crippen LogP contribution in [0.5, 0.6) is 0 Å². The first-order chi connectivity index (χ1) is 6.45. The average molecular weight is 276 g/mol. The van der Waals surface area contributed by atoms with Gasteiger partial charge in [0.2, 0.25) is 5.91 Å². The molecule has 84 valence electrons. The molecular weight excluding hydrogens is 263 g/mol. The topological polar surface area (TPSA) is 29.1 Å². The molecule has 0 aromatic heterocycles. The van der Waals surface area contributed by atoms with Crippen molar-refractivity contribution in [2.75, 3.05) is 11.9 Å². The third-order valence-corrected chi connectivity index (χ3v) is 2.08. The molecule has 0 fully saturated rings. The van der Waals surface area contributed by atoms with Crippen LogP contribution in [0.4, 0.5) is 13.2 Å². The highest BCUT2D eigenvalue weighted by molar-refractivity contribution is 9.09. The zero-order valence-electron chi connectivity index (χ0n) is 7.66. The first-order valence-electron chi connectivity index (χ1n) is 4.35. The number of nitrogens with one attached hydrogen (secondary N) is 1.